The van der Waals surface area contributed by atoms with Crippen LogP contribution in [0, 0.1) is 0 Å². The maximum absolute atomic E-state index is 4.56. The molecule has 1 N–H and O–H groups in total. The van der Waals surface area contributed by atoms with E-state index < -0.39 is 0 Å². The molecule has 0 bridgehead atoms. The van der Waals surface area contributed by atoms with Crippen LogP contribution in [0.2, 0.25) is 0 Å². The number of allylic oxidation sites excluding steroid dienone is 16. The topological polar surface area (TPSA) is 12.0 Å². The minimum absolute atomic E-state index is 1.01. The molecule has 0 amide bonds. The zero-order valence-corrected chi connectivity index (χ0v) is 36.1. The van der Waals surface area contributed by atoms with E-state index in [4.69, 9.17) is 0 Å². The molecule has 0 spiro atoms. The van der Waals surface area contributed by atoms with E-state index in [-0.39, 0.29) is 0 Å². The Morgan fingerprint density at radius 2 is 1.33 bits per heavy atom. The molecule has 1 heteroatoms. The molecule has 60 heavy (non-hydrogen) atoms. The van der Waals surface area contributed by atoms with Crippen molar-refractivity contribution in [2.75, 3.05) is 0 Å². The van der Waals surface area contributed by atoms with Gasteiger partial charge in [0, 0.05) is 18.0 Å². The second kappa shape index (κ2) is 21.3. The van der Waals surface area contributed by atoms with E-state index in [1.54, 1.807) is 5.57 Å². The Bertz CT molecular complexity index is 2540. The van der Waals surface area contributed by atoms with Crippen LogP contribution in [0.1, 0.15) is 98.4 Å². The lowest BCUT2D eigenvalue weighted by atomic mass is 9.86. The smallest absolute Gasteiger partial charge is 0.00899 e. The molecule has 3 aliphatic rings. The quantitative estimate of drug-likeness (QED) is 0.147. The largest absolute Gasteiger partial charge is 0.367 e. The molecule has 5 aromatic carbocycles. The predicted molar refractivity (Wildman–Crippen MR) is 265 cm³/mol. The van der Waals surface area contributed by atoms with Gasteiger partial charge in [0.15, 0.2) is 0 Å². The molecule has 0 radical (unpaired) electrons. The van der Waals surface area contributed by atoms with Gasteiger partial charge in [-0.3, -0.25) is 0 Å². The molecular formula is C59H59N. The number of hydrogen-bond acceptors (Lipinski definition) is 1. The summed E-state index contributed by atoms with van der Waals surface area (Å²) >= 11 is 0. The van der Waals surface area contributed by atoms with Gasteiger partial charge in [-0.05, 0) is 129 Å². The van der Waals surface area contributed by atoms with Crippen molar-refractivity contribution in [2.24, 2.45) is 0 Å². The van der Waals surface area contributed by atoms with E-state index in [0.717, 1.165) is 53.5 Å². The van der Waals surface area contributed by atoms with Crippen LogP contribution in [-0.2, 0) is 6.42 Å². The molecule has 0 unspecified atom stereocenters. The first kappa shape index (κ1) is 42.9. The lowest BCUT2D eigenvalue weighted by Crippen LogP contribution is -2.03. The minimum atomic E-state index is 1.01. The van der Waals surface area contributed by atoms with Crippen molar-refractivity contribution >= 4 is 39.0 Å². The van der Waals surface area contributed by atoms with Crippen molar-refractivity contribution in [1.82, 2.24) is 5.32 Å². The molecule has 1 aliphatic heterocycles. The fraction of sp³-hybridized carbons (Fsp3) is 0.153. The monoisotopic (exact) mass is 781 g/mol. The number of unbranched alkanes of at least 4 members (excludes halogenated alkanes) is 1. The van der Waals surface area contributed by atoms with Crippen molar-refractivity contribution in [3.8, 4) is 0 Å². The normalized spacial score (nSPS) is 16.0. The Labute approximate surface area is 360 Å². The summed E-state index contributed by atoms with van der Waals surface area (Å²) in [6, 6.07) is 46.9. The van der Waals surface area contributed by atoms with Gasteiger partial charge in [-0.1, -0.05) is 209 Å². The lowest BCUT2D eigenvalue weighted by molar-refractivity contribution is 0.960. The first-order valence-electron chi connectivity index (χ1n) is 21.5. The zero-order valence-electron chi connectivity index (χ0n) is 36.1. The molecule has 0 fully saturated rings. The van der Waals surface area contributed by atoms with Crippen LogP contribution in [0.15, 0.2) is 213 Å². The van der Waals surface area contributed by atoms with Crippen LogP contribution in [0.25, 0.3) is 39.0 Å². The van der Waals surface area contributed by atoms with Gasteiger partial charge in [-0.15, -0.1) is 0 Å². The van der Waals surface area contributed by atoms with Gasteiger partial charge in [-0.25, -0.2) is 0 Å². The maximum atomic E-state index is 4.56. The SMILES string of the molecule is C=C(/C=C(C)\C=C(/C)c1ccccc1)c1ccccc1.C=C1/C=C(c2ccc3c(c2)C2=C(CC=C2)C3)\C=C/NC=C(/C(=C\CCC)c2ccccc2)c2ccccc21.CC. The van der Waals surface area contributed by atoms with Crippen LogP contribution >= 0.6 is 0 Å². The van der Waals surface area contributed by atoms with Crippen LogP contribution in [0.5, 0.6) is 0 Å². The number of fused-ring (bicyclic) bond motifs is 3. The van der Waals surface area contributed by atoms with Crippen molar-refractivity contribution < 1.29 is 0 Å². The number of nitrogens with one attached hydrogen (secondary N) is 1. The van der Waals surface area contributed by atoms with Gasteiger partial charge in [0.05, 0.1) is 0 Å². The Kier molecular flexibility index (Phi) is 15.3. The molecule has 0 saturated carbocycles. The Morgan fingerprint density at radius 3 is 2.02 bits per heavy atom. The van der Waals surface area contributed by atoms with Crippen LogP contribution in [-0.4, -0.2) is 0 Å². The summed E-state index contributed by atoms with van der Waals surface area (Å²) in [4.78, 5) is 0. The van der Waals surface area contributed by atoms with E-state index >= 15 is 0 Å². The van der Waals surface area contributed by atoms with Gasteiger partial charge in [0.25, 0.3) is 0 Å². The summed E-state index contributed by atoms with van der Waals surface area (Å²) in [6.45, 7) is 19.2. The second-order valence-electron chi connectivity index (χ2n) is 15.1. The van der Waals surface area contributed by atoms with Crippen LogP contribution in [0.4, 0.5) is 0 Å². The third kappa shape index (κ3) is 10.7. The van der Waals surface area contributed by atoms with Crippen molar-refractivity contribution in [3.05, 3.63) is 257 Å². The molecule has 300 valence electrons. The van der Waals surface area contributed by atoms with Gasteiger partial charge in [0.1, 0.15) is 0 Å². The fourth-order valence-electron chi connectivity index (χ4n) is 7.91. The highest BCUT2D eigenvalue weighted by molar-refractivity contribution is 6.07. The van der Waals surface area contributed by atoms with Crippen LogP contribution in [0.3, 0.4) is 0 Å². The standard InChI is InChI=1S/C37H33N.C20H20.C2H6/c1-3-4-14-33(27-11-6-5-7-12-27)37-25-38-21-20-29(22-26(2)32-15-8-9-16-35(32)37)28-18-19-31-23-30-13-10-17-34(30)36(31)24-28;1-16(14-17(2)19-10-6-4-7-11-19)15-18(3)20-12-8-5-9-13-20;1-2/h5-12,14-22,24-25,38H,2-4,13,23H2,1H3;4-15H,2H2,1,3H3;1-2H3/b21-20-,29-22+,33-14-,37-25?;16-14-,18-15+;. The summed E-state index contributed by atoms with van der Waals surface area (Å²) in [5.74, 6) is 0. The molecule has 0 saturated heterocycles. The molecule has 2 aliphatic carbocycles. The highest BCUT2D eigenvalue weighted by Gasteiger charge is 2.23. The van der Waals surface area contributed by atoms with Crippen LogP contribution < -0.4 is 5.32 Å². The third-order valence-corrected chi connectivity index (χ3v) is 10.9. The third-order valence-electron chi connectivity index (χ3n) is 10.9. The van der Waals surface area contributed by atoms with E-state index in [1.165, 1.54) is 61.2 Å². The van der Waals surface area contributed by atoms with Gasteiger partial charge >= 0.3 is 0 Å². The summed E-state index contributed by atoms with van der Waals surface area (Å²) in [7, 11) is 0. The lowest BCUT2D eigenvalue weighted by Gasteiger charge is -2.19. The molecule has 8 rings (SSSR count). The Balaban J connectivity index is 0.000000232. The Hall–Kier alpha value is -6.70. The summed E-state index contributed by atoms with van der Waals surface area (Å²) < 4.78 is 0. The first-order valence-corrected chi connectivity index (χ1v) is 21.5. The van der Waals surface area contributed by atoms with Crippen molar-refractivity contribution in [3.63, 3.8) is 0 Å². The molecule has 0 atom stereocenters. The fourth-order valence-corrected chi connectivity index (χ4v) is 7.91. The predicted octanol–water partition coefficient (Wildman–Crippen LogP) is 16.2. The molecule has 1 heterocycles. The van der Waals surface area contributed by atoms with E-state index in [2.05, 4.69) is 197 Å². The van der Waals surface area contributed by atoms with E-state index in [9.17, 15) is 0 Å². The number of rotatable bonds is 9. The summed E-state index contributed by atoms with van der Waals surface area (Å²) in [5, 5.41) is 3.50. The maximum Gasteiger partial charge on any atom is 0.00899 e. The van der Waals surface area contributed by atoms with Gasteiger partial charge in [-0.2, -0.15) is 0 Å². The van der Waals surface area contributed by atoms with E-state index in [1.807, 2.05) is 44.3 Å². The second-order valence-corrected chi connectivity index (χ2v) is 15.1. The molecule has 1 nitrogen and oxygen atoms in total. The molecular weight excluding hydrogens is 723 g/mol. The average Bonchev–Trinajstić information content (AvgIpc) is 3.90. The average molecular weight is 782 g/mol. The summed E-state index contributed by atoms with van der Waals surface area (Å²) in [6.07, 6.45) is 24.2. The molecule has 5 aromatic rings. The van der Waals surface area contributed by atoms with Gasteiger partial charge < -0.3 is 5.32 Å². The van der Waals surface area contributed by atoms with Gasteiger partial charge in [0.2, 0.25) is 0 Å². The Morgan fingerprint density at radius 1 is 0.700 bits per heavy atom. The van der Waals surface area contributed by atoms with E-state index in [0.29, 0.717) is 0 Å². The number of hydrogen-bond donors (Lipinski definition) is 1. The van der Waals surface area contributed by atoms with Crippen molar-refractivity contribution in [2.45, 2.75) is 60.3 Å². The number of benzene rings is 5. The minimum Gasteiger partial charge on any atom is -0.367 e. The van der Waals surface area contributed by atoms with Crippen molar-refractivity contribution in [1.29, 1.82) is 0 Å². The molecule has 0 aromatic heterocycles. The summed E-state index contributed by atoms with van der Waals surface area (Å²) in [5.41, 5.74) is 21.1. The highest BCUT2D eigenvalue weighted by Crippen LogP contribution is 2.41. The highest BCUT2D eigenvalue weighted by atomic mass is 14.8. The zero-order chi connectivity index (χ0) is 42.3. The first-order chi connectivity index (χ1) is 29.4.